The van der Waals surface area contributed by atoms with Gasteiger partial charge in [-0.3, -0.25) is 0 Å². The molecule has 0 fully saturated rings. The standard InChI is InChI=1S/C15H25NO2/c1-3-4-10-14(13-8-6-5-7-9-13)16-11-15(2,18)12-17/h5-9,14,16-18H,3-4,10-12H2,1-2H3. The van der Waals surface area contributed by atoms with Crippen LogP contribution in [0.25, 0.3) is 0 Å². The molecule has 3 nitrogen and oxygen atoms in total. The van der Waals surface area contributed by atoms with Crippen molar-refractivity contribution in [2.45, 2.75) is 44.8 Å². The van der Waals surface area contributed by atoms with Gasteiger partial charge in [0.2, 0.25) is 0 Å². The zero-order chi connectivity index (χ0) is 13.4. The van der Waals surface area contributed by atoms with Crippen LogP contribution in [0.3, 0.4) is 0 Å². The van der Waals surface area contributed by atoms with E-state index in [-0.39, 0.29) is 12.6 Å². The van der Waals surface area contributed by atoms with E-state index in [0.29, 0.717) is 6.54 Å². The van der Waals surface area contributed by atoms with Crippen LogP contribution in [-0.2, 0) is 0 Å². The molecule has 0 heterocycles. The smallest absolute Gasteiger partial charge is 0.0973 e. The van der Waals surface area contributed by atoms with E-state index in [0.717, 1.165) is 19.3 Å². The zero-order valence-electron chi connectivity index (χ0n) is 11.4. The summed E-state index contributed by atoms with van der Waals surface area (Å²) in [6.07, 6.45) is 3.34. The van der Waals surface area contributed by atoms with Gasteiger partial charge in [0.05, 0.1) is 12.2 Å². The molecule has 3 N–H and O–H groups in total. The Morgan fingerprint density at radius 3 is 2.50 bits per heavy atom. The highest BCUT2D eigenvalue weighted by atomic mass is 16.3. The van der Waals surface area contributed by atoms with Gasteiger partial charge in [-0.1, -0.05) is 50.1 Å². The number of aliphatic hydroxyl groups is 2. The first-order valence-electron chi connectivity index (χ1n) is 6.70. The van der Waals surface area contributed by atoms with Crippen molar-refractivity contribution in [3.05, 3.63) is 35.9 Å². The second-order valence-corrected chi connectivity index (χ2v) is 5.14. The molecular weight excluding hydrogens is 226 g/mol. The fourth-order valence-corrected chi connectivity index (χ4v) is 1.88. The highest BCUT2D eigenvalue weighted by molar-refractivity contribution is 5.18. The minimum absolute atomic E-state index is 0.227. The van der Waals surface area contributed by atoms with Crippen molar-refractivity contribution < 1.29 is 10.2 Å². The lowest BCUT2D eigenvalue weighted by atomic mass is 9.99. The molecule has 0 aliphatic carbocycles. The third-order valence-corrected chi connectivity index (χ3v) is 3.12. The first kappa shape index (κ1) is 15.2. The number of hydrogen-bond donors (Lipinski definition) is 3. The van der Waals surface area contributed by atoms with E-state index in [1.54, 1.807) is 6.92 Å². The highest BCUT2D eigenvalue weighted by Gasteiger charge is 2.21. The molecule has 102 valence electrons. The first-order chi connectivity index (χ1) is 8.59. The summed E-state index contributed by atoms with van der Waals surface area (Å²) in [5, 5.41) is 22.2. The van der Waals surface area contributed by atoms with Crippen LogP contribution in [0, 0.1) is 0 Å². The first-order valence-corrected chi connectivity index (χ1v) is 6.70. The lowest BCUT2D eigenvalue weighted by molar-refractivity contribution is 0.000444. The number of unbranched alkanes of at least 4 members (excludes halogenated alkanes) is 1. The number of nitrogens with one attached hydrogen (secondary N) is 1. The van der Waals surface area contributed by atoms with Crippen LogP contribution in [0.15, 0.2) is 30.3 Å². The quantitative estimate of drug-likeness (QED) is 0.664. The van der Waals surface area contributed by atoms with Crippen molar-refractivity contribution in [2.75, 3.05) is 13.2 Å². The lowest BCUT2D eigenvalue weighted by Gasteiger charge is -2.26. The summed E-state index contributed by atoms with van der Waals surface area (Å²) in [5.74, 6) is 0. The number of hydrogen-bond acceptors (Lipinski definition) is 3. The fraction of sp³-hybridized carbons (Fsp3) is 0.600. The molecule has 1 aromatic carbocycles. The van der Waals surface area contributed by atoms with Crippen molar-refractivity contribution in [1.82, 2.24) is 5.32 Å². The van der Waals surface area contributed by atoms with Crippen molar-refractivity contribution >= 4 is 0 Å². The SMILES string of the molecule is CCCCC(NCC(C)(O)CO)c1ccccc1. The van der Waals surface area contributed by atoms with Gasteiger partial charge in [0.25, 0.3) is 0 Å². The van der Waals surface area contributed by atoms with E-state index < -0.39 is 5.60 Å². The van der Waals surface area contributed by atoms with Crippen molar-refractivity contribution in [2.24, 2.45) is 0 Å². The average Bonchev–Trinajstić information content (AvgIpc) is 2.40. The third-order valence-electron chi connectivity index (χ3n) is 3.12. The van der Waals surface area contributed by atoms with Crippen LogP contribution >= 0.6 is 0 Å². The zero-order valence-corrected chi connectivity index (χ0v) is 11.4. The fourth-order valence-electron chi connectivity index (χ4n) is 1.88. The molecule has 1 aromatic rings. The normalized spacial score (nSPS) is 16.2. The van der Waals surface area contributed by atoms with Crippen molar-refractivity contribution in [3.8, 4) is 0 Å². The van der Waals surface area contributed by atoms with Gasteiger partial charge in [0, 0.05) is 12.6 Å². The molecule has 0 saturated carbocycles. The van der Waals surface area contributed by atoms with Crippen LogP contribution in [0.5, 0.6) is 0 Å². The van der Waals surface area contributed by atoms with Gasteiger partial charge >= 0.3 is 0 Å². The second kappa shape index (κ2) is 7.52. The summed E-state index contributed by atoms with van der Waals surface area (Å²) in [4.78, 5) is 0. The summed E-state index contributed by atoms with van der Waals surface area (Å²) in [6, 6.07) is 10.5. The van der Waals surface area contributed by atoms with Crippen LogP contribution in [0.4, 0.5) is 0 Å². The Labute approximate surface area is 110 Å². The van der Waals surface area contributed by atoms with E-state index >= 15 is 0 Å². The average molecular weight is 251 g/mol. The van der Waals surface area contributed by atoms with E-state index in [1.807, 2.05) is 18.2 Å². The molecule has 0 aliphatic rings. The van der Waals surface area contributed by atoms with E-state index in [9.17, 15) is 5.11 Å². The molecule has 0 radical (unpaired) electrons. The minimum Gasteiger partial charge on any atom is -0.393 e. The molecule has 2 unspecified atom stereocenters. The summed E-state index contributed by atoms with van der Waals surface area (Å²) >= 11 is 0. The summed E-state index contributed by atoms with van der Waals surface area (Å²) in [7, 11) is 0. The Hall–Kier alpha value is -0.900. The van der Waals surface area contributed by atoms with Crippen LogP contribution in [0.2, 0.25) is 0 Å². The van der Waals surface area contributed by atoms with Gasteiger partial charge in [-0.25, -0.2) is 0 Å². The Balaban J connectivity index is 2.62. The maximum Gasteiger partial charge on any atom is 0.0973 e. The Morgan fingerprint density at radius 2 is 1.94 bits per heavy atom. The highest BCUT2D eigenvalue weighted by Crippen LogP contribution is 2.19. The molecule has 1 rings (SSSR count). The van der Waals surface area contributed by atoms with E-state index in [4.69, 9.17) is 5.11 Å². The van der Waals surface area contributed by atoms with Crippen molar-refractivity contribution in [1.29, 1.82) is 0 Å². The monoisotopic (exact) mass is 251 g/mol. The van der Waals surface area contributed by atoms with Gasteiger partial charge in [0.1, 0.15) is 0 Å². The maximum absolute atomic E-state index is 9.83. The molecule has 0 bridgehead atoms. The largest absolute Gasteiger partial charge is 0.393 e. The number of benzene rings is 1. The summed E-state index contributed by atoms with van der Waals surface area (Å²) in [5.41, 5.74) is 0.180. The topological polar surface area (TPSA) is 52.5 Å². The third kappa shape index (κ3) is 5.17. The summed E-state index contributed by atoms with van der Waals surface area (Å²) in [6.45, 7) is 3.98. The van der Waals surface area contributed by atoms with Gasteiger partial charge in [-0.2, -0.15) is 0 Å². The predicted molar refractivity (Wildman–Crippen MR) is 74.4 cm³/mol. The molecule has 0 spiro atoms. The number of aliphatic hydroxyl groups excluding tert-OH is 1. The van der Waals surface area contributed by atoms with Gasteiger partial charge < -0.3 is 15.5 Å². The molecule has 0 saturated heterocycles. The van der Waals surface area contributed by atoms with Crippen LogP contribution in [0.1, 0.15) is 44.7 Å². The van der Waals surface area contributed by atoms with Gasteiger partial charge in [0.15, 0.2) is 0 Å². The lowest BCUT2D eigenvalue weighted by Crippen LogP contribution is -2.42. The number of rotatable bonds is 8. The molecule has 0 aromatic heterocycles. The molecule has 3 heteroatoms. The van der Waals surface area contributed by atoms with Gasteiger partial charge in [-0.15, -0.1) is 0 Å². The second-order valence-electron chi connectivity index (χ2n) is 5.14. The van der Waals surface area contributed by atoms with E-state index in [1.165, 1.54) is 5.56 Å². The minimum atomic E-state index is -1.06. The molecule has 2 atom stereocenters. The maximum atomic E-state index is 9.83. The summed E-state index contributed by atoms with van der Waals surface area (Å²) < 4.78 is 0. The van der Waals surface area contributed by atoms with Gasteiger partial charge in [-0.05, 0) is 18.9 Å². The molecule has 18 heavy (non-hydrogen) atoms. The Morgan fingerprint density at radius 1 is 1.28 bits per heavy atom. The van der Waals surface area contributed by atoms with Crippen LogP contribution < -0.4 is 5.32 Å². The van der Waals surface area contributed by atoms with Crippen molar-refractivity contribution in [3.63, 3.8) is 0 Å². The Bertz CT molecular complexity index is 325. The Kier molecular flexibility index (Phi) is 6.33. The predicted octanol–water partition coefficient (Wildman–Crippen LogP) is 2.25. The molecule has 0 aliphatic heterocycles. The van der Waals surface area contributed by atoms with E-state index in [2.05, 4.69) is 24.4 Å². The molecule has 0 amide bonds. The van der Waals surface area contributed by atoms with Crippen LogP contribution in [-0.4, -0.2) is 29.0 Å². The molecular formula is C15H25NO2.